The van der Waals surface area contributed by atoms with Gasteiger partial charge in [-0.05, 0) is 28.8 Å². The van der Waals surface area contributed by atoms with Crippen LogP contribution in [0.15, 0.2) is 35.0 Å². The highest BCUT2D eigenvalue weighted by Gasteiger charge is 2.50. The molecule has 0 aliphatic carbocycles. The van der Waals surface area contributed by atoms with E-state index in [1.807, 2.05) is 22.9 Å². The van der Waals surface area contributed by atoms with Crippen LogP contribution in [-0.2, 0) is 15.1 Å². The number of aliphatic hydroxyl groups is 1. The third kappa shape index (κ3) is 2.89. The first-order valence-corrected chi connectivity index (χ1v) is 10.6. The molecule has 3 aliphatic heterocycles. The van der Waals surface area contributed by atoms with E-state index in [2.05, 4.69) is 5.92 Å². The summed E-state index contributed by atoms with van der Waals surface area (Å²) in [6.45, 7) is 3.55. The smallest absolute Gasteiger partial charge is 0.349 e. The minimum Gasteiger partial charge on any atom is -0.453 e. The largest absolute Gasteiger partial charge is 0.453 e. The van der Waals surface area contributed by atoms with Crippen LogP contribution in [0.2, 0.25) is 0 Å². The Bertz CT molecular complexity index is 764. The molecule has 3 fully saturated rings. The molecular weight excluding hydrogens is 366 g/mol. The zero-order valence-electron chi connectivity index (χ0n) is 14.5. The van der Waals surface area contributed by atoms with Crippen molar-refractivity contribution in [3.05, 3.63) is 44.8 Å². The maximum atomic E-state index is 13.2. The van der Waals surface area contributed by atoms with E-state index in [1.54, 1.807) is 12.1 Å². The second-order valence-electron chi connectivity index (χ2n) is 7.28. The number of nitrogens with zero attached hydrogens (tertiary/aromatic N) is 1. The lowest BCUT2D eigenvalue weighted by atomic mass is 9.83. The summed E-state index contributed by atoms with van der Waals surface area (Å²) in [5, 5.41) is 15.1. The van der Waals surface area contributed by atoms with E-state index in [0.29, 0.717) is 22.2 Å². The second-order valence-corrected chi connectivity index (χ2v) is 9.18. The molecule has 26 heavy (non-hydrogen) atoms. The molecule has 0 unspecified atom stereocenters. The van der Waals surface area contributed by atoms with Gasteiger partial charge in [0, 0.05) is 18.8 Å². The molecule has 0 saturated carbocycles. The fraction of sp³-hybridized carbons (Fsp3) is 0.450. The number of thiophene rings is 2. The molecule has 5 rings (SSSR count). The number of rotatable bonds is 5. The number of ether oxygens (including phenoxy) is 1. The summed E-state index contributed by atoms with van der Waals surface area (Å²) in [7, 11) is 0. The number of fused-ring (bicyclic) bond motifs is 3. The SMILES string of the molecule is C#CC[N+]12CCC(CC1)[C@@H](OC(=O)C(O)(c1cccs1)c1cccs1)C2. The van der Waals surface area contributed by atoms with Crippen molar-refractivity contribution in [2.45, 2.75) is 24.5 Å². The van der Waals surface area contributed by atoms with E-state index in [-0.39, 0.29) is 6.10 Å². The number of carbonyl (C=O) groups is 1. The van der Waals surface area contributed by atoms with Crippen LogP contribution < -0.4 is 0 Å². The third-order valence-electron chi connectivity index (χ3n) is 5.78. The van der Waals surface area contributed by atoms with Gasteiger partial charge in [-0.25, -0.2) is 4.79 Å². The molecule has 0 spiro atoms. The van der Waals surface area contributed by atoms with Crippen molar-refractivity contribution in [1.82, 2.24) is 0 Å². The zero-order chi connectivity index (χ0) is 18.2. The van der Waals surface area contributed by atoms with Gasteiger partial charge in [0.15, 0.2) is 6.10 Å². The first-order chi connectivity index (χ1) is 12.6. The normalized spacial score (nSPS) is 27.8. The van der Waals surface area contributed by atoms with Crippen molar-refractivity contribution in [1.29, 1.82) is 0 Å². The van der Waals surface area contributed by atoms with Crippen molar-refractivity contribution >= 4 is 28.6 Å². The van der Waals surface area contributed by atoms with Crippen molar-refractivity contribution in [2.24, 2.45) is 5.92 Å². The molecule has 1 N–H and O–H groups in total. The number of hydrogen-bond donors (Lipinski definition) is 1. The van der Waals surface area contributed by atoms with Gasteiger partial charge in [0.2, 0.25) is 5.60 Å². The lowest BCUT2D eigenvalue weighted by Gasteiger charge is -2.51. The van der Waals surface area contributed by atoms with Crippen LogP contribution in [0.1, 0.15) is 22.6 Å². The first kappa shape index (κ1) is 17.7. The number of quaternary nitrogens is 1. The Labute approximate surface area is 161 Å². The number of piperidine rings is 3. The molecule has 2 aromatic heterocycles. The van der Waals surface area contributed by atoms with Crippen molar-refractivity contribution < 1.29 is 19.1 Å². The van der Waals surface area contributed by atoms with Gasteiger partial charge in [-0.1, -0.05) is 12.1 Å². The van der Waals surface area contributed by atoms with E-state index >= 15 is 0 Å². The van der Waals surface area contributed by atoms with E-state index in [9.17, 15) is 9.90 Å². The van der Waals surface area contributed by atoms with Crippen LogP contribution in [0.25, 0.3) is 0 Å². The quantitative estimate of drug-likeness (QED) is 0.487. The molecule has 4 nitrogen and oxygen atoms in total. The van der Waals surface area contributed by atoms with Gasteiger partial charge in [0.1, 0.15) is 13.1 Å². The van der Waals surface area contributed by atoms with E-state index < -0.39 is 11.6 Å². The van der Waals surface area contributed by atoms with E-state index in [4.69, 9.17) is 11.2 Å². The summed E-state index contributed by atoms with van der Waals surface area (Å²) in [5.41, 5.74) is -1.73. The molecule has 2 bridgehead atoms. The highest BCUT2D eigenvalue weighted by molar-refractivity contribution is 7.12. The van der Waals surface area contributed by atoms with Crippen LogP contribution >= 0.6 is 22.7 Å². The minimum absolute atomic E-state index is 0.176. The standard InChI is InChI=1S/C20H22NO3S2/c1-2-9-21-10-7-15(8-11-21)16(14-21)24-19(22)20(23,17-5-3-12-25-17)18-6-4-13-26-18/h1,3-6,12-13,15-16,23H,7-11,14H2/q+1/t15?,16-,21?/m0/s1. The van der Waals surface area contributed by atoms with Crippen LogP contribution in [0.3, 0.4) is 0 Å². The molecule has 0 aromatic carbocycles. The van der Waals surface area contributed by atoms with Crippen molar-refractivity contribution in [2.75, 3.05) is 26.2 Å². The highest BCUT2D eigenvalue weighted by atomic mass is 32.1. The van der Waals surface area contributed by atoms with Gasteiger partial charge in [0.25, 0.3) is 0 Å². The van der Waals surface area contributed by atoms with Gasteiger partial charge in [-0.3, -0.25) is 0 Å². The van der Waals surface area contributed by atoms with Crippen LogP contribution in [0.5, 0.6) is 0 Å². The summed E-state index contributed by atoms with van der Waals surface area (Å²) in [5.74, 6) is 2.59. The van der Waals surface area contributed by atoms with Gasteiger partial charge >= 0.3 is 5.97 Å². The molecule has 2 aromatic rings. The van der Waals surface area contributed by atoms with Crippen molar-refractivity contribution in [3.8, 4) is 12.3 Å². The Morgan fingerprint density at radius 3 is 2.38 bits per heavy atom. The number of carbonyl (C=O) groups excluding carboxylic acids is 1. The predicted octanol–water partition coefficient (Wildman–Crippen LogP) is 2.83. The lowest BCUT2D eigenvalue weighted by Crippen LogP contribution is -2.64. The molecule has 6 heteroatoms. The topological polar surface area (TPSA) is 46.5 Å². The highest BCUT2D eigenvalue weighted by Crippen LogP contribution is 2.40. The monoisotopic (exact) mass is 388 g/mol. The van der Waals surface area contributed by atoms with Crippen molar-refractivity contribution in [3.63, 3.8) is 0 Å². The van der Waals surface area contributed by atoms with E-state index in [1.165, 1.54) is 22.7 Å². The first-order valence-electron chi connectivity index (χ1n) is 8.87. The molecule has 0 radical (unpaired) electrons. The Hall–Kier alpha value is -1.65. The molecule has 0 amide bonds. The molecular formula is C20H22NO3S2+. The minimum atomic E-state index is -1.73. The number of terminal acetylenes is 1. The molecule has 1 atom stereocenters. The van der Waals surface area contributed by atoms with Gasteiger partial charge < -0.3 is 14.3 Å². The average molecular weight is 389 g/mol. The molecule has 3 saturated heterocycles. The third-order valence-corrected chi connectivity index (χ3v) is 7.73. The number of hydrogen-bond acceptors (Lipinski definition) is 5. The maximum Gasteiger partial charge on any atom is 0.349 e. The van der Waals surface area contributed by atoms with E-state index in [0.717, 1.165) is 37.0 Å². The molecule has 3 aliphatic rings. The number of esters is 1. The van der Waals surface area contributed by atoms with Crippen LogP contribution in [-0.4, -0.2) is 47.8 Å². The van der Waals surface area contributed by atoms with Gasteiger partial charge in [0.05, 0.1) is 22.8 Å². The summed E-state index contributed by atoms with van der Waals surface area (Å²) in [4.78, 5) is 14.4. The summed E-state index contributed by atoms with van der Waals surface area (Å²) < 4.78 is 6.78. The van der Waals surface area contributed by atoms with Crippen LogP contribution in [0.4, 0.5) is 0 Å². The summed E-state index contributed by atoms with van der Waals surface area (Å²) in [6.07, 6.45) is 7.44. The molecule has 5 heterocycles. The fourth-order valence-electron chi connectivity index (χ4n) is 4.28. The Morgan fingerprint density at radius 1 is 1.27 bits per heavy atom. The predicted molar refractivity (Wildman–Crippen MR) is 103 cm³/mol. The zero-order valence-corrected chi connectivity index (χ0v) is 16.1. The second kappa shape index (κ2) is 6.82. The average Bonchev–Trinajstić information content (AvgIpc) is 3.36. The Kier molecular flexibility index (Phi) is 4.66. The van der Waals surface area contributed by atoms with Gasteiger partial charge in [-0.2, -0.15) is 0 Å². The Morgan fingerprint density at radius 2 is 1.88 bits per heavy atom. The summed E-state index contributed by atoms with van der Waals surface area (Å²) >= 11 is 2.73. The molecule has 136 valence electrons. The maximum absolute atomic E-state index is 13.2. The van der Waals surface area contributed by atoms with Crippen LogP contribution in [0, 0.1) is 18.3 Å². The lowest BCUT2D eigenvalue weighted by molar-refractivity contribution is -0.939. The van der Waals surface area contributed by atoms with Gasteiger partial charge in [-0.15, -0.1) is 29.1 Å². The Balaban J connectivity index is 1.59. The summed E-state index contributed by atoms with van der Waals surface area (Å²) in [6, 6.07) is 7.25. The fourth-order valence-corrected chi connectivity index (χ4v) is 6.00.